The zero-order valence-corrected chi connectivity index (χ0v) is 14.0. The lowest BCUT2D eigenvalue weighted by Gasteiger charge is -1.90. The van der Waals surface area contributed by atoms with E-state index in [9.17, 15) is 0 Å². The Bertz CT molecular complexity index is 181. The summed E-state index contributed by atoms with van der Waals surface area (Å²) < 4.78 is 0. The molecular weight excluding hydrogens is 220 g/mol. The van der Waals surface area contributed by atoms with Crippen molar-refractivity contribution in [2.45, 2.75) is 74.1 Å². The van der Waals surface area contributed by atoms with E-state index in [1.165, 1.54) is 25.7 Å². The van der Waals surface area contributed by atoms with Gasteiger partial charge >= 0.3 is 0 Å². The van der Waals surface area contributed by atoms with Crippen LogP contribution >= 0.6 is 0 Å². The highest BCUT2D eigenvalue weighted by molar-refractivity contribution is 5.17. The first-order chi connectivity index (χ1) is 8.03. The maximum atomic E-state index is 5.35. The largest absolute Gasteiger partial charge is 0.402 e. The lowest BCUT2D eigenvalue weighted by atomic mass is 10.2. The Kier molecular flexibility index (Phi) is 31.0. The molecule has 0 bridgehead atoms. The van der Waals surface area contributed by atoms with Gasteiger partial charge in [-0.25, -0.2) is 0 Å². The minimum absolute atomic E-state index is 0. The third-order valence-corrected chi connectivity index (χ3v) is 2.20. The Morgan fingerprint density at radius 3 is 1.56 bits per heavy atom. The highest BCUT2D eigenvalue weighted by Crippen LogP contribution is 2.31. The number of hydrogen-bond donors (Lipinski definition) is 2. The monoisotopic (exact) mass is 260 g/mol. The molecular formula is C16H40N2. The van der Waals surface area contributed by atoms with E-state index in [1.807, 2.05) is 27.7 Å². The lowest BCUT2D eigenvalue weighted by molar-refractivity contribution is 0.799. The van der Waals surface area contributed by atoms with Crippen molar-refractivity contribution in [2.75, 3.05) is 0 Å². The van der Waals surface area contributed by atoms with Crippen LogP contribution < -0.4 is 11.9 Å². The molecule has 0 atom stereocenters. The van der Waals surface area contributed by atoms with Gasteiger partial charge in [0.1, 0.15) is 0 Å². The fraction of sp³-hybridized carbons (Fsp3) is 0.750. The van der Waals surface area contributed by atoms with Gasteiger partial charge in [0.05, 0.1) is 0 Å². The van der Waals surface area contributed by atoms with Crippen LogP contribution in [0.2, 0.25) is 0 Å². The molecule has 0 unspecified atom stereocenters. The maximum Gasteiger partial charge on any atom is 0.00783 e. The average molecular weight is 261 g/mol. The predicted octanol–water partition coefficient (Wildman–Crippen LogP) is 6.08. The smallest absolute Gasteiger partial charge is 0.00783 e. The number of nitrogens with two attached hydrogens (primary N) is 1. The molecule has 2 heteroatoms. The van der Waals surface area contributed by atoms with Gasteiger partial charge in [-0.2, -0.15) is 0 Å². The Morgan fingerprint density at radius 1 is 1.22 bits per heavy atom. The summed E-state index contributed by atoms with van der Waals surface area (Å²) in [5.74, 6) is 1.13. The van der Waals surface area contributed by atoms with E-state index >= 15 is 0 Å². The van der Waals surface area contributed by atoms with Crippen molar-refractivity contribution >= 4 is 0 Å². The summed E-state index contributed by atoms with van der Waals surface area (Å²) >= 11 is 0. The first-order valence-electron chi connectivity index (χ1n) is 7.08. The number of allylic oxidation sites excluding steroid dienone is 3. The SMILES string of the molecule is C=C/C(C)=C(\C)N.CC.CCC.CCC1CC1.N.[HH]. The van der Waals surface area contributed by atoms with Gasteiger partial charge in [0.25, 0.3) is 0 Å². The normalized spacial score (nSPS) is 12.8. The predicted molar refractivity (Wildman–Crippen MR) is 90.2 cm³/mol. The van der Waals surface area contributed by atoms with E-state index in [4.69, 9.17) is 5.73 Å². The van der Waals surface area contributed by atoms with Crippen LogP contribution in [0.1, 0.15) is 75.6 Å². The summed E-state index contributed by atoms with van der Waals surface area (Å²) in [7, 11) is 0. The van der Waals surface area contributed by atoms with Crippen LogP contribution in [0.15, 0.2) is 23.9 Å². The molecule has 0 aliphatic heterocycles. The second-order valence-electron chi connectivity index (χ2n) is 4.13. The summed E-state index contributed by atoms with van der Waals surface area (Å²) in [5.41, 5.74) is 7.25. The van der Waals surface area contributed by atoms with E-state index in [2.05, 4.69) is 27.4 Å². The molecule has 1 saturated carbocycles. The second kappa shape index (κ2) is 21.5. The van der Waals surface area contributed by atoms with Crippen LogP contribution in [0.4, 0.5) is 0 Å². The number of rotatable bonds is 2. The molecule has 5 N–H and O–H groups in total. The fourth-order valence-electron chi connectivity index (χ4n) is 0.687. The van der Waals surface area contributed by atoms with Crippen LogP contribution in [0.25, 0.3) is 0 Å². The van der Waals surface area contributed by atoms with Crippen LogP contribution in [-0.4, -0.2) is 0 Å². The molecule has 0 radical (unpaired) electrons. The van der Waals surface area contributed by atoms with E-state index < -0.39 is 0 Å². The molecule has 18 heavy (non-hydrogen) atoms. The van der Waals surface area contributed by atoms with Crippen molar-refractivity contribution in [2.24, 2.45) is 11.7 Å². The van der Waals surface area contributed by atoms with Crippen LogP contribution in [0.5, 0.6) is 0 Å². The maximum absolute atomic E-state index is 5.35. The van der Waals surface area contributed by atoms with Crippen molar-refractivity contribution in [1.29, 1.82) is 0 Å². The third kappa shape index (κ3) is 29.5. The summed E-state index contributed by atoms with van der Waals surface area (Å²) in [5, 5.41) is 0. The van der Waals surface area contributed by atoms with Crippen molar-refractivity contribution < 1.29 is 1.43 Å². The van der Waals surface area contributed by atoms with E-state index in [0.29, 0.717) is 0 Å². The minimum Gasteiger partial charge on any atom is -0.402 e. The molecule has 0 spiro atoms. The van der Waals surface area contributed by atoms with Gasteiger partial charge in [-0.3, -0.25) is 0 Å². The first kappa shape index (κ1) is 25.9. The van der Waals surface area contributed by atoms with Gasteiger partial charge in [-0.05, 0) is 25.3 Å². The molecule has 0 aromatic rings. The Labute approximate surface area is 118 Å². The molecule has 1 rings (SSSR count). The molecule has 1 aliphatic rings. The second-order valence-corrected chi connectivity index (χ2v) is 4.13. The van der Waals surface area contributed by atoms with Crippen LogP contribution in [-0.2, 0) is 0 Å². The van der Waals surface area contributed by atoms with E-state index in [0.717, 1.165) is 17.2 Å². The summed E-state index contributed by atoms with van der Waals surface area (Å²) in [6.07, 6.45) is 7.43. The van der Waals surface area contributed by atoms with Crippen molar-refractivity contribution in [3.63, 3.8) is 0 Å². The molecule has 0 saturated heterocycles. The lowest BCUT2D eigenvalue weighted by Crippen LogP contribution is -1.92. The average Bonchev–Trinajstić information content (AvgIpc) is 3.16. The van der Waals surface area contributed by atoms with Gasteiger partial charge in [0.15, 0.2) is 0 Å². The molecule has 0 amide bonds. The quantitative estimate of drug-likeness (QED) is 0.591. The summed E-state index contributed by atoms with van der Waals surface area (Å²) in [6, 6.07) is 0. The summed E-state index contributed by atoms with van der Waals surface area (Å²) in [4.78, 5) is 0. The molecule has 0 aromatic carbocycles. The van der Waals surface area contributed by atoms with E-state index in [-0.39, 0.29) is 7.58 Å². The Hall–Kier alpha value is -0.760. The zero-order chi connectivity index (χ0) is 14.3. The van der Waals surface area contributed by atoms with Gasteiger partial charge in [-0.15, -0.1) is 0 Å². The van der Waals surface area contributed by atoms with Crippen molar-refractivity contribution in [3.8, 4) is 0 Å². The molecule has 0 heterocycles. The zero-order valence-electron chi connectivity index (χ0n) is 14.0. The van der Waals surface area contributed by atoms with Crippen molar-refractivity contribution in [1.82, 2.24) is 6.15 Å². The molecule has 1 fully saturated rings. The van der Waals surface area contributed by atoms with Gasteiger partial charge in [0, 0.05) is 7.12 Å². The summed E-state index contributed by atoms with van der Waals surface area (Å²) in [6.45, 7) is 17.8. The Morgan fingerprint density at radius 2 is 1.56 bits per heavy atom. The van der Waals surface area contributed by atoms with Crippen molar-refractivity contribution in [3.05, 3.63) is 23.9 Å². The van der Waals surface area contributed by atoms with Gasteiger partial charge in [0.2, 0.25) is 0 Å². The minimum atomic E-state index is 0. The third-order valence-electron chi connectivity index (χ3n) is 2.20. The topological polar surface area (TPSA) is 61.0 Å². The van der Waals surface area contributed by atoms with E-state index in [1.54, 1.807) is 6.08 Å². The first-order valence-corrected chi connectivity index (χ1v) is 7.08. The van der Waals surface area contributed by atoms with Gasteiger partial charge < -0.3 is 11.9 Å². The fourth-order valence-corrected chi connectivity index (χ4v) is 0.687. The highest BCUT2D eigenvalue weighted by atomic mass is 14.5. The highest BCUT2D eigenvalue weighted by Gasteiger charge is 2.17. The molecule has 114 valence electrons. The van der Waals surface area contributed by atoms with Crippen LogP contribution in [0, 0.1) is 5.92 Å². The van der Waals surface area contributed by atoms with Gasteiger partial charge in [-0.1, -0.05) is 73.0 Å². The van der Waals surface area contributed by atoms with Crippen LogP contribution in [0.3, 0.4) is 0 Å². The molecule has 0 aromatic heterocycles. The number of hydrogen-bond acceptors (Lipinski definition) is 2. The Balaban J connectivity index is -0.0000000486. The molecule has 2 nitrogen and oxygen atoms in total. The standard InChI is InChI=1S/C6H11N.C5H10.C3H8.C2H6.H3N.H2/c1-4-5(2)6(3)7;1-2-5-3-4-5;1-3-2;1-2;;/h4H,1,7H2,2-3H3;5H,2-4H2,1H3;3H2,1-2H3;1-2H3;1H3;1H/b6-5+;;;;;. The molecule has 1 aliphatic carbocycles.